The minimum absolute atomic E-state index is 0.0472. The number of carbonyl (C=O) groups is 4. The Morgan fingerprint density at radius 2 is 1.60 bits per heavy atom. The first-order valence-electron chi connectivity index (χ1n) is 16.3. The molecule has 0 aromatic heterocycles. The number of hydrogen-bond donors (Lipinski definition) is 3. The molecule has 246 valence electrons. The SMILES string of the molecule is CC(=O)C1=C(C)[C@@H](C(C)C)[C@]2(C)C[C@]3(C)Cc4c(C#Cc5ccc(CC(=O)CC(C)C)cc5)ccc(O)c4C(O)=C3C(=O)[C@]2(O)C1=O. The lowest BCUT2D eigenvalue weighted by molar-refractivity contribution is -0.180. The van der Waals surface area contributed by atoms with Gasteiger partial charge in [-0.15, -0.1) is 0 Å². The molecule has 0 heterocycles. The third-order valence-corrected chi connectivity index (χ3v) is 10.5. The Labute approximate surface area is 276 Å². The maximum Gasteiger partial charge on any atom is 0.206 e. The van der Waals surface area contributed by atoms with Crippen LogP contribution in [0, 0.1) is 40.4 Å². The Balaban J connectivity index is 1.60. The van der Waals surface area contributed by atoms with E-state index in [9.17, 15) is 34.5 Å². The van der Waals surface area contributed by atoms with E-state index in [1.807, 2.05) is 58.9 Å². The van der Waals surface area contributed by atoms with E-state index < -0.39 is 45.5 Å². The number of benzene rings is 2. The largest absolute Gasteiger partial charge is 0.507 e. The van der Waals surface area contributed by atoms with Crippen LogP contribution < -0.4 is 0 Å². The van der Waals surface area contributed by atoms with Crippen molar-refractivity contribution < 1.29 is 34.5 Å². The number of aliphatic hydroxyl groups excluding tert-OH is 1. The van der Waals surface area contributed by atoms with E-state index in [-0.39, 0.29) is 47.0 Å². The van der Waals surface area contributed by atoms with Crippen molar-refractivity contribution in [3.63, 3.8) is 0 Å². The zero-order valence-corrected chi connectivity index (χ0v) is 28.5. The molecule has 1 saturated carbocycles. The number of ketones is 4. The van der Waals surface area contributed by atoms with Crippen LogP contribution in [0.25, 0.3) is 5.76 Å². The van der Waals surface area contributed by atoms with Crippen molar-refractivity contribution >= 4 is 28.9 Å². The van der Waals surface area contributed by atoms with Gasteiger partial charge in [-0.25, -0.2) is 0 Å². The molecule has 3 aliphatic rings. The predicted molar refractivity (Wildman–Crippen MR) is 179 cm³/mol. The summed E-state index contributed by atoms with van der Waals surface area (Å²) < 4.78 is 0. The number of Topliss-reactive ketones (excluding diaryl/α,β-unsaturated/α-hetero) is 4. The third kappa shape index (κ3) is 5.27. The second kappa shape index (κ2) is 11.8. The van der Waals surface area contributed by atoms with Crippen LogP contribution in [0.15, 0.2) is 53.1 Å². The highest BCUT2D eigenvalue weighted by Gasteiger charge is 2.72. The molecule has 2 aromatic carbocycles. The number of hydrogen-bond acceptors (Lipinski definition) is 7. The summed E-state index contributed by atoms with van der Waals surface area (Å²) in [7, 11) is 0. The molecule has 2 aromatic rings. The maximum atomic E-state index is 14.5. The van der Waals surface area contributed by atoms with Crippen LogP contribution in [0.4, 0.5) is 0 Å². The molecule has 0 saturated heterocycles. The Kier molecular flexibility index (Phi) is 8.52. The molecule has 3 N–H and O–H groups in total. The Morgan fingerprint density at radius 3 is 2.17 bits per heavy atom. The summed E-state index contributed by atoms with van der Waals surface area (Å²) in [6, 6.07) is 10.6. The number of rotatable bonds is 6. The van der Waals surface area contributed by atoms with Gasteiger partial charge in [0, 0.05) is 40.4 Å². The number of aliphatic hydroxyl groups is 2. The standard InChI is InChI=1S/C40H44O7/c1-21(2)17-28(42)18-26-11-9-25(10-12-26)13-14-27-15-16-30(43)32-29(27)19-38(7)20-39(8)33(22(3)4)23(5)31(24(6)41)36(45)40(39,47)37(46)34(38)35(32)44/h9-12,15-16,21-22,33,43-44,47H,17-20H2,1-8H3/t33-,38+,39+,40-/m1/s1. The number of aromatic hydroxyl groups is 1. The molecule has 0 bridgehead atoms. The first-order valence-corrected chi connectivity index (χ1v) is 16.3. The van der Waals surface area contributed by atoms with E-state index >= 15 is 0 Å². The Morgan fingerprint density at radius 1 is 0.957 bits per heavy atom. The normalized spacial score (nSPS) is 26.9. The number of allylic oxidation sites excluding steroid dienone is 1. The first kappa shape index (κ1) is 34.1. The van der Waals surface area contributed by atoms with Crippen LogP contribution in [0.1, 0.15) is 96.0 Å². The number of carbonyl (C=O) groups excluding carboxylic acids is 4. The van der Waals surface area contributed by atoms with Crippen LogP contribution in [-0.4, -0.2) is 44.1 Å². The van der Waals surface area contributed by atoms with Crippen molar-refractivity contribution in [3.8, 4) is 17.6 Å². The van der Waals surface area contributed by atoms with E-state index in [2.05, 4.69) is 11.8 Å². The number of phenols is 1. The summed E-state index contributed by atoms with van der Waals surface area (Å²) in [5, 5.41) is 35.0. The Hall–Kier alpha value is -4.28. The van der Waals surface area contributed by atoms with E-state index in [1.54, 1.807) is 19.9 Å². The summed E-state index contributed by atoms with van der Waals surface area (Å²) in [6.45, 7) is 14.5. The molecule has 5 rings (SSSR count). The van der Waals surface area contributed by atoms with Gasteiger partial charge in [0.1, 0.15) is 17.3 Å². The summed E-state index contributed by atoms with van der Waals surface area (Å²) >= 11 is 0. The zero-order valence-electron chi connectivity index (χ0n) is 28.5. The molecule has 0 unspecified atom stereocenters. The van der Waals surface area contributed by atoms with Crippen LogP contribution in [0.3, 0.4) is 0 Å². The summed E-state index contributed by atoms with van der Waals surface area (Å²) in [6.07, 6.45) is 1.28. The maximum absolute atomic E-state index is 14.5. The lowest BCUT2D eigenvalue weighted by atomic mass is 9.42. The van der Waals surface area contributed by atoms with Crippen molar-refractivity contribution in [1.29, 1.82) is 0 Å². The van der Waals surface area contributed by atoms with E-state index in [1.165, 1.54) is 13.0 Å². The van der Waals surface area contributed by atoms with Crippen LogP contribution in [0.2, 0.25) is 0 Å². The molecule has 4 atom stereocenters. The molecular formula is C40H44O7. The molecule has 47 heavy (non-hydrogen) atoms. The van der Waals surface area contributed by atoms with Crippen molar-refractivity contribution in [2.45, 2.75) is 86.7 Å². The van der Waals surface area contributed by atoms with Gasteiger partial charge in [0.05, 0.1) is 11.1 Å². The summed E-state index contributed by atoms with van der Waals surface area (Å²) in [4.78, 5) is 53.4. The highest BCUT2D eigenvalue weighted by molar-refractivity contribution is 6.33. The van der Waals surface area contributed by atoms with Gasteiger partial charge in [-0.05, 0) is 79.8 Å². The lowest BCUT2D eigenvalue weighted by Crippen LogP contribution is -2.70. The lowest BCUT2D eigenvalue weighted by Gasteiger charge is -2.60. The second-order valence-corrected chi connectivity index (χ2v) is 15.0. The van der Waals surface area contributed by atoms with Gasteiger partial charge in [-0.3, -0.25) is 19.2 Å². The second-order valence-electron chi connectivity index (χ2n) is 15.0. The van der Waals surface area contributed by atoms with Gasteiger partial charge < -0.3 is 15.3 Å². The van der Waals surface area contributed by atoms with Crippen molar-refractivity contribution in [2.24, 2.45) is 28.6 Å². The topological polar surface area (TPSA) is 129 Å². The predicted octanol–water partition coefficient (Wildman–Crippen LogP) is 6.25. The van der Waals surface area contributed by atoms with Gasteiger partial charge in [0.25, 0.3) is 0 Å². The number of fused-ring (bicyclic) bond motifs is 3. The smallest absolute Gasteiger partial charge is 0.206 e. The molecule has 0 aliphatic heterocycles. The minimum Gasteiger partial charge on any atom is -0.507 e. The number of phenolic OH excluding ortho intramolecular Hbond substituents is 1. The van der Waals surface area contributed by atoms with Gasteiger partial charge in [-0.2, -0.15) is 0 Å². The van der Waals surface area contributed by atoms with Crippen molar-refractivity contribution in [3.05, 3.63) is 80.9 Å². The average Bonchev–Trinajstić information content (AvgIpc) is 2.94. The quantitative estimate of drug-likeness (QED) is 0.194. The molecule has 1 fully saturated rings. The van der Waals surface area contributed by atoms with Gasteiger partial charge in [0.15, 0.2) is 11.4 Å². The molecular weight excluding hydrogens is 592 g/mol. The van der Waals surface area contributed by atoms with E-state index in [4.69, 9.17) is 0 Å². The monoisotopic (exact) mass is 636 g/mol. The van der Waals surface area contributed by atoms with E-state index in [0.29, 0.717) is 35.5 Å². The van der Waals surface area contributed by atoms with Crippen molar-refractivity contribution in [2.75, 3.05) is 0 Å². The molecule has 7 nitrogen and oxygen atoms in total. The van der Waals surface area contributed by atoms with E-state index in [0.717, 1.165) is 11.1 Å². The van der Waals surface area contributed by atoms with Crippen LogP contribution in [0.5, 0.6) is 5.75 Å². The molecule has 0 amide bonds. The van der Waals surface area contributed by atoms with Crippen LogP contribution in [-0.2, 0) is 32.0 Å². The fourth-order valence-corrected chi connectivity index (χ4v) is 8.97. The van der Waals surface area contributed by atoms with Gasteiger partial charge >= 0.3 is 0 Å². The fourth-order valence-electron chi connectivity index (χ4n) is 8.97. The zero-order chi connectivity index (χ0) is 34.8. The summed E-state index contributed by atoms with van der Waals surface area (Å²) in [5.74, 6) is 3.12. The van der Waals surface area contributed by atoms with Crippen molar-refractivity contribution in [1.82, 2.24) is 0 Å². The minimum atomic E-state index is -2.57. The van der Waals surface area contributed by atoms with Gasteiger partial charge in [0.2, 0.25) is 11.6 Å². The highest BCUT2D eigenvalue weighted by atomic mass is 16.3. The van der Waals surface area contributed by atoms with Crippen LogP contribution >= 0.6 is 0 Å². The summed E-state index contributed by atoms with van der Waals surface area (Å²) in [5.41, 5.74) is -1.77. The fraction of sp³-hybridized carbons (Fsp3) is 0.450. The molecule has 7 heteroatoms. The highest BCUT2D eigenvalue weighted by Crippen LogP contribution is 2.65. The average molecular weight is 637 g/mol. The first-order chi connectivity index (χ1) is 21.9. The molecule has 3 aliphatic carbocycles. The molecule has 0 radical (unpaired) electrons. The van der Waals surface area contributed by atoms with Gasteiger partial charge in [-0.1, -0.05) is 71.1 Å². The Bertz CT molecular complexity index is 1840. The third-order valence-electron chi connectivity index (χ3n) is 10.5. The molecule has 0 spiro atoms.